The fourth-order valence-electron chi connectivity index (χ4n) is 6.03. The van der Waals surface area contributed by atoms with Crippen LogP contribution in [-0.4, -0.2) is 40.6 Å². The minimum atomic E-state index is -0.982. The first-order valence-electron chi connectivity index (χ1n) is 12.7. The lowest BCUT2D eigenvalue weighted by atomic mass is 9.98. The molecule has 1 fully saturated rings. The third kappa shape index (κ3) is 4.13. The molecule has 4 heteroatoms. The first-order chi connectivity index (χ1) is 15.3. The standard InChI is InChI=1S/C29H45NOS2/c1-21-22(2)29(26-25(21)23-16-12-13-17-24(23)32-26)20-30(27(3,4)5)33(29,9)19-15-11-10-14-18-31-28(6,7)8/h12-13,16-17H,10-11,14-15,18-20H2,1-9H3. The summed E-state index contributed by atoms with van der Waals surface area (Å²) >= 11 is 2.08. The largest absolute Gasteiger partial charge is 0.376 e. The highest BCUT2D eigenvalue weighted by atomic mass is 32.3. The van der Waals surface area contributed by atoms with Gasteiger partial charge in [0.15, 0.2) is 0 Å². The number of benzene rings is 1. The Bertz CT molecular complexity index is 1050. The first kappa shape index (κ1) is 25.3. The van der Waals surface area contributed by atoms with E-state index in [9.17, 15) is 0 Å². The van der Waals surface area contributed by atoms with Crippen LogP contribution in [-0.2, 0) is 9.48 Å². The highest BCUT2D eigenvalue weighted by Crippen LogP contribution is 2.80. The molecule has 0 amide bonds. The molecular formula is C29H45NOS2. The lowest BCUT2D eigenvalue weighted by Gasteiger charge is -2.72. The van der Waals surface area contributed by atoms with Gasteiger partial charge in [0.2, 0.25) is 0 Å². The Morgan fingerprint density at radius 1 is 1.00 bits per heavy atom. The van der Waals surface area contributed by atoms with Gasteiger partial charge in [0.1, 0.15) is 0 Å². The Labute approximate surface area is 208 Å². The van der Waals surface area contributed by atoms with E-state index in [4.69, 9.17) is 4.74 Å². The first-order valence-corrected chi connectivity index (χ1v) is 15.7. The Morgan fingerprint density at radius 3 is 2.33 bits per heavy atom. The number of rotatable bonds is 7. The number of fused-ring (bicyclic) bond motifs is 4. The molecule has 4 rings (SSSR count). The molecule has 0 saturated carbocycles. The molecule has 184 valence electrons. The SMILES string of the molecule is CC1=C(C)C2(CN(C(C)(C)C)S2(C)CCCCCCOC(C)(C)C)c2sc3ccccc3c21. The molecule has 1 saturated heterocycles. The summed E-state index contributed by atoms with van der Waals surface area (Å²) in [5, 5.41) is 1.47. The molecule has 2 unspecified atom stereocenters. The molecule has 2 atom stereocenters. The zero-order chi connectivity index (χ0) is 24.2. The van der Waals surface area contributed by atoms with Crippen molar-refractivity contribution in [1.29, 1.82) is 0 Å². The van der Waals surface area contributed by atoms with Gasteiger partial charge in [-0.2, -0.15) is 10.2 Å². The average molecular weight is 488 g/mol. The molecule has 1 aliphatic heterocycles. The molecule has 1 spiro atoms. The normalized spacial score (nSPS) is 27.8. The summed E-state index contributed by atoms with van der Waals surface area (Å²) < 4.78 is 10.5. The highest BCUT2D eigenvalue weighted by molar-refractivity contribution is 8.33. The van der Waals surface area contributed by atoms with Crippen molar-refractivity contribution in [1.82, 2.24) is 4.31 Å². The molecule has 2 nitrogen and oxygen atoms in total. The fraction of sp³-hybridized carbons (Fsp3) is 0.655. The van der Waals surface area contributed by atoms with Crippen molar-refractivity contribution in [2.45, 2.75) is 97.0 Å². The van der Waals surface area contributed by atoms with Crippen LogP contribution >= 0.6 is 21.6 Å². The van der Waals surface area contributed by atoms with Crippen LogP contribution in [0.15, 0.2) is 29.8 Å². The van der Waals surface area contributed by atoms with Crippen molar-refractivity contribution in [3.8, 4) is 0 Å². The Kier molecular flexibility index (Phi) is 6.66. The summed E-state index contributed by atoms with van der Waals surface area (Å²) in [7, 11) is -0.982. The van der Waals surface area contributed by atoms with Gasteiger partial charge in [-0.25, -0.2) is 0 Å². The molecule has 0 radical (unpaired) electrons. The average Bonchev–Trinajstić information content (AvgIpc) is 3.18. The van der Waals surface area contributed by atoms with Crippen LogP contribution in [0.2, 0.25) is 0 Å². The molecule has 33 heavy (non-hydrogen) atoms. The van der Waals surface area contributed by atoms with Crippen LogP contribution in [0.4, 0.5) is 0 Å². The molecular weight excluding hydrogens is 442 g/mol. The molecule has 2 aliphatic rings. The molecule has 2 aromatic rings. The molecule has 2 heterocycles. The third-order valence-electron chi connectivity index (χ3n) is 7.83. The predicted molar refractivity (Wildman–Crippen MR) is 151 cm³/mol. The van der Waals surface area contributed by atoms with Crippen LogP contribution in [0.25, 0.3) is 15.7 Å². The van der Waals surface area contributed by atoms with Gasteiger partial charge >= 0.3 is 0 Å². The topological polar surface area (TPSA) is 12.5 Å². The van der Waals surface area contributed by atoms with Crippen molar-refractivity contribution >= 4 is 37.2 Å². The van der Waals surface area contributed by atoms with E-state index < -0.39 is 10.2 Å². The second-order valence-electron chi connectivity index (χ2n) is 12.2. The number of ether oxygens (including phenoxy) is 1. The summed E-state index contributed by atoms with van der Waals surface area (Å²) in [5.41, 5.74) is 4.97. The fourth-order valence-corrected chi connectivity index (χ4v) is 13.0. The predicted octanol–water partition coefficient (Wildman–Crippen LogP) is 8.74. The van der Waals surface area contributed by atoms with Gasteiger partial charge in [-0.3, -0.25) is 4.31 Å². The van der Waals surface area contributed by atoms with E-state index in [1.165, 1.54) is 48.1 Å². The van der Waals surface area contributed by atoms with Crippen molar-refractivity contribution in [2.24, 2.45) is 0 Å². The van der Waals surface area contributed by atoms with Crippen molar-refractivity contribution in [3.05, 3.63) is 40.3 Å². The number of thiophene rings is 1. The Hall–Kier alpha value is -0.810. The van der Waals surface area contributed by atoms with Gasteiger partial charge in [0.05, 0.1) is 10.3 Å². The van der Waals surface area contributed by atoms with Crippen LogP contribution in [0, 0.1) is 0 Å². The van der Waals surface area contributed by atoms with E-state index >= 15 is 0 Å². The number of allylic oxidation sites excluding steroid dienone is 1. The number of unbranched alkanes of at least 4 members (excludes halogenated alkanes) is 3. The van der Waals surface area contributed by atoms with Gasteiger partial charge < -0.3 is 4.74 Å². The van der Waals surface area contributed by atoms with E-state index in [0.717, 1.165) is 6.61 Å². The van der Waals surface area contributed by atoms with Crippen LogP contribution in [0.1, 0.15) is 91.5 Å². The Balaban J connectivity index is 1.57. The highest BCUT2D eigenvalue weighted by Gasteiger charge is 2.65. The van der Waals surface area contributed by atoms with E-state index in [-0.39, 0.29) is 15.9 Å². The van der Waals surface area contributed by atoms with Crippen LogP contribution in [0.5, 0.6) is 0 Å². The maximum atomic E-state index is 5.93. The van der Waals surface area contributed by atoms with Gasteiger partial charge in [-0.1, -0.05) is 31.0 Å². The minimum Gasteiger partial charge on any atom is -0.376 e. The van der Waals surface area contributed by atoms with Crippen molar-refractivity contribution < 1.29 is 4.74 Å². The van der Waals surface area contributed by atoms with E-state index in [1.54, 1.807) is 21.6 Å². The maximum Gasteiger partial charge on any atom is 0.0813 e. The Morgan fingerprint density at radius 2 is 1.67 bits per heavy atom. The molecule has 1 aromatic carbocycles. The quantitative estimate of drug-likeness (QED) is 0.362. The molecule has 1 aliphatic carbocycles. The minimum absolute atomic E-state index is 0.0186. The third-order valence-corrected chi connectivity index (χ3v) is 14.2. The maximum absolute atomic E-state index is 5.93. The zero-order valence-electron chi connectivity index (χ0n) is 22.4. The van der Waals surface area contributed by atoms with Crippen molar-refractivity contribution in [2.75, 3.05) is 25.2 Å². The van der Waals surface area contributed by atoms with E-state index in [2.05, 4.69) is 102 Å². The summed E-state index contributed by atoms with van der Waals surface area (Å²) in [6, 6.07) is 9.07. The van der Waals surface area contributed by atoms with Crippen LogP contribution in [0.3, 0.4) is 0 Å². The molecule has 0 N–H and O–H groups in total. The van der Waals surface area contributed by atoms with Gasteiger partial charge in [-0.15, -0.1) is 11.3 Å². The summed E-state index contributed by atoms with van der Waals surface area (Å²) in [4.78, 5) is 1.68. The number of hydrogen-bond acceptors (Lipinski definition) is 3. The summed E-state index contributed by atoms with van der Waals surface area (Å²) in [5.74, 6) is 1.34. The van der Waals surface area contributed by atoms with Gasteiger partial charge in [0, 0.05) is 39.2 Å². The van der Waals surface area contributed by atoms with Crippen molar-refractivity contribution in [3.63, 3.8) is 0 Å². The second-order valence-corrected chi connectivity index (χ2v) is 16.9. The van der Waals surface area contributed by atoms with E-state index in [1.807, 2.05) is 0 Å². The number of nitrogens with zero attached hydrogens (tertiary/aromatic N) is 1. The van der Waals surface area contributed by atoms with Gasteiger partial charge in [-0.05, 0) is 97.5 Å². The van der Waals surface area contributed by atoms with E-state index in [0.29, 0.717) is 0 Å². The smallest absolute Gasteiger partial charge is 0.0813 e. The number of hydrogen-bond donors (Lipinski definition) is 0. The monoisotopic (exact) mass is 487 g/mol. The van der Waals surface area contributed by atoms with Crippen LogP contribution < -0.4 is 0 Å². The lowest BCUT2D eigenvalue weighted by Crippen LogP contribution is -2.65. The molecule has 1 aromatic heterocycles. The summed E-state index contributed by atoms with van der Waals surface area (Å²) in [6.07, 6.45) is 7.74. The second kappa shape index (κ2) is 8.69. The lowest BCUT2D eigenvalue weighted by molar-refractivity contribution is -0.00471. The zero-order valence-corrected chi connectivity index (χ0v) is 24.1. The van der Waals surface area contributed by atoms with Gasteiger partial charge in [0.25, 0.3) is 0 Å². The molecule has 0 bridgehead atoms. The summed E-state index contributed by atoms with van der Waals surface area (Å²) in [6.45, 7) is 20.6.